The number of carbonyl (C=O) groups excluding carboxylic acids is 1. The zero-order valence-corrected chi connectivity index (χ0v) is 17.9. The highest BCUT2D eigenvalue weighted by molar-refractivity contribution is 7.92. The van der Waals surface area contributed by atoms with Crippen LogP contribution in [0, 0.1) is 0 Å². The minimum absolute atomic E-state index is 0.108. The lowest BCUT2D eigenvalue weighted by Gasteiger charge is -2.25. The van der Waals surface area contributed by atoms with Crippen molar-refractivity contribution in [3.05, 3.63) is 58.6 Å². The molecule has 0 bridgehead atoms. The molecule has 0 heterocycles. The number of sulfone groups is 1. The third kappa shape index (κ3) is 6.04. The average molecular weight is 492 g/mol. The number of alkyl halides is 3. The normalized spacial score (nSPS) is 13.1. The molecule has 1 N–H and O–H groups in total. The predicted octanol–water partition coefficient (Wildman–Crippen LogP) is 4.66. The minimum atomic E-state index is -4.18. The van der Waals surface area contributed by atoms with Crippen molar-refractivity contribution in [2.75, 3.05) is 6.61 Å². The summed E-state index contributed by atoms with van der Waals surface area (Å²) in [7, 11) is -4.18. The smallest absolute Gasteiger partial charge is 0.259 e. The quantitative estimate of drug-likeness (QED) is 0.597. The Morgan fingerprint density at radius 2 is 1.70 bits per heavy atom. The second-order valence-corrected chi connectivity index (χ2v) is 10.5. The molecule has 0 radical (unpaired) electrons. The van der Waals surface area contributed by atoms with E-state index in [1.807, 2.05) is 0 Å². The van der Waals surface area contributed by atoms with Crippen LogP contribution in [-0.4, -0.2) is 30.1 Å². The molecule has 0 fully saturated rings. The first-order chi connectivity index (χ1) is 12.5. The van der Waals surface area contributed by atoms with Crippen molar-refractivity contribution < 1.29 is 17.9 Å². The second-order valence-electron chi connectivity index (χ2n) is 5.21. The Bertz CT molecular complexity index is 916. The lowest BCUT2D eigenvalue weighted by atomic mass is 10.3. The average Bonchev–Trinajstić information content (AvgIpc) is 2.58. The molecular formula is C16H12Cl5NO4S. The summed E-state index contributed by atoms with van der Waals surface area (Å²) in [5, 5.41) is 0.931. The topological polar surface area (TPSA) is 72.5 Å². The van der Waals surface area contributed by atoms with Crippen LogP contribution < -0.4 is 10.1 Å². The summed E-state index contributed by atoms with van der Waals surface area (Å²) >= 11 is 29.1. The number of halogens is 5. The second kappa shape index (κ2) is 9.07. The van der Waals surface area contributed by atoms with E-state index in [4.69, 9.17) is 62.7 Å². The molecule has 1 amide bonds. The van der Waals surface area contributed by atoms with Crippen LogP contribution in [0.4, 0.5) is 0 Å². The first-order valence-electron chi connectivity index (χ1n) is 7.24. The molecule has 1 unspecified atom stereocenters. The number of hydrogen-bond donors (Lipinski definition) is 1. The van der Waals surface area contributed by atoms with E-state index in [1.165, 1.54) is 42.5 Å². The van der Waals surface area contributed by atoms with E-state index >= 15 is 0 Å². The highest BCUT2D eigenvalue weighted by Gasteiger charge is 2.44. The van der Waals surface area contributed by atoms with E-state index in [2.05, 4.69) is 5.32 Å². The number of rotatable bonds is 6. The number of amides is 1. The summed E-state index contributed by atoms with van der Waals surface area (Å²) in [5.41, 5.74) is 0. The molecule has 2 rings (SSSR count). The van der Waals surface area contributed by atoms with Gasteiger partial charge in [-0.1, -0.05) is 76.2 Å². The van der Waals surface area contributed by atoms with E-state index in [1.54, 1.807) is 6.07 Å². The molecule has 1 atom stereocenters. The fourth-order valence-electron chi connectivity index (χ4n) is 2.01. The monoisotopic (exact) mass is 489 g/mol. The van der Waals surface area contributed by atoms with Gasteiger partial charge < -0.3 is 10.1 Å². The van der Waals surface area contributed by atoms with Gasteiger partial charge in [-0.3, -0.25) is 4.79 Å². The molecule has 27 heavy (non-hydrogen) atoms. The van der Waals surface area contributed by atoms with Gasteiger partial charge in [0.1, 0.15) is 5.75 Å². The van der Waals surface area contributed by atoms with Crippen LogP contribution in [0.2, 0.25) is 10.0 Å². The summed E-state index contributed by atoms with van der Waals surface area (Å²) in [6, 6.07) is 11.7. The highest BCUT2D eigenvalue weighted by Crippen LogP contribution is 2.35. The van der Waals surface area contributed by atoms with Gasteiger partial charge in [-0.2, -0.15) is 0 Å². The minimum Gasteiger partial charge on any atom is -0.482 e. The molecule has 0 aliphatic heterocycles. The summed E-state index contributed by atoms with van der Waals surface area (Å²) in [5.74, 6) is -0.635. The Kier molecular flexibility index (Phi) is 7.53. The Balaban J connectivity index is 2.15. The molecule has 146 valence electrons. The van der Waals surface area contributed by atoms with Gasteiger partial charge in [0, 0.05) is 5.02 Å². The van der Waals surface area contributed by atoms with Crippen LogP contribution in [0.25, 0.3) is 0 Å². The molecule has 0 aliphatic carbocycles. The molecule has 11 heteroatoms. The third-order valence-electron chi connectivity index (χ3n) is 3.22. The Morgan fingerprint density at radius 1 is 1.07 bits per heavy atom. The summed E-state index contributed by atoms with van der Waals surface area (Å²) in [4.78, 5) is 12.1. The Morgan fingerprint density at radius 3 is 2.26 bits per heavy atom. The van der Waals surface area contributed by atoms with Crippen LogP contribution >= 0.6 is 58.0 Å². The number of nitrogens with one attached hydrogen (secondary N) is 1. The molecule has 2 aromatic rings. The zero-order valence-electron chi connectivity index (χ0n) is 13.3. The van der Waals surface area contributed by atoms with Crippen molar-refractivity contribution in [3.8, 4) is 5.75 Å². The maximum absolute atomic E-state index is 12.7. The Labute approximate surface area is 181 Å². The number of benzene rings is 2. The van der Waals surface area contributed by atoms with Crippen LogP contribution in [0.3, 0.4) is 0 Å². The van der Waals surface area contributed by atoms with E-state index in [-0.39, 0.29) is 15.7 Å². The summed E-state index contributed by atoms with van der Waals surface area (Å²) in [6.45, 7) is -0.553. The van der Waals surface area contributed by atoms with Crippen LogP contribution in [0.5, 0.6) is 5.75 Å². The molecule has 5 nitrogen and oxygen atoms in total. The van der Waals surface area contributed by atoms with Gasteiger partial charge in [-0.05, 0) is 30.3 Å². The van der Waals surface area contributed by atoms with Crippen molar-refractivity contribution in [1.82, 2.24) is 5.32 Å². The first kappa shape index (κ1) is 22.4. The molecule has 0 saturated carbocycles. The van der Waals surface area contributed by atoms with Gasteiger partial charge in [0.05, 0.1) is 9.92 Å². The van der Waals surface area contributed by atoms with E-state index in [0.717, 1.165) is 0 Å². The van der Waals surface area contributed by atoms with Crippen molar-refractivity contribution in [1.29, 1.82) is 0 Å². The molecule has 0 aromatic heterocycles. The first-order valence-corrected chi connectivity index (χ1v) is 10.7. The number of carbonyl (C=O) groups is 1. The fourth-order valence-corrected chi connectivity index (χ4v) is 5.13. The fraction of sp³-hybridized carbons (Fsp3) is 0.188. The predicted molar refractivity (Wildman–Crippen MR) is 108 cm³/mol. The van der Waals surface area contributed by atoms with Gasteiger partial charge in [-0.25, -0.2) is 8.42 Å². The standard InChI is InChI=1S/C16H12Cl5NO4S/c17-10-6-7-13(12(18)8-10)26-9-14(23)22-15(16(19,20)21)27(24,25)11-4-2-1-3-5-11/h1-8,15H,9H2,(H,22,23). The molecule has 0 saturated heterocycles. The van der Waals surface area contributed by atoms with Gasteiger partial charge >= 0.3 is 0 Å². The van der Waals surface area contributed by atoms with Crippen molar-refractivity contribution in [2.24, 2.45) is 0 Å². The maximum atomic E-state index is 12.7. The molecular weight excluding hydrogens is 480 g/mol. The number of hydrogen-bond acceptors (Lipinski definition) is 4. The molecule has 0 spiro atoms. The summed E-state index contributed by atoms with van der Waals surface area (Å²) < 4.78 is 28.4. The van der Waals surface area contributed by atoms with Crippen molar-refractivity contribution >= 4 is 73.7 Å². The SMILES string of the molecule is O=C(COc1ccc(Cl)cc1Cl)NC(C(Cl)(Cl)Cl)S(=O)(=O)c1ccccc1. The van der Waals surface area contributed by atoms with Gasteiger partial charge in [0.15, 0.2) is 12.0 Å². The lowest BCUT2D eigenvalue weighted by molar-refractivity contribution is -0.123. The van der Waals surface area contributed by atoms with Gasteiger partial charge in [-0.15, -0.1) is 0 Å². The zero-order chi connectivity index (χ0) is 20.2. The maximum Gasteiger partial charge on any atom is 0.259 e. The van der Waals surface area contributed by atoms with Crippen LogP contribution in [0.1, 0.15) is 0 Å². The van der Waals surface area contributed by atoms with E-state index < -0.39 is 31.5 Å². The largest absolute Gasteiger partial charge is 0.482 e. The summed E-state index contributed by atoms with van der Waals surface area (Å²) in [6.07, 6.45) is 0. The van der Waals surface area contributed by atoms with Crippen molar-refractivity contribution in [2.45, 2.75) is 14.1 Å². The van der Waals surface area contributed by atoms with E-state index in [9.17, 15) is 13.2 Å². The van der Waals surface area contributed by atoms with E-state index in [0.29, 0.717) is 5.02 Å². The molecule has 0 aliphatic rings. The van der Waals surface area contributed by atoms with Gasteiger partial charge in [0.25, 0.3) is 5.91 Å². The highest BCUT2D eigenvalue weighted by atomic mass is 35.6. The van der Waals surface area contributed by atoms with Gasteiger partial charge in [0.2, 0.25) is 13.6 Å². The lowest BCUT2D eigenvalue weighted by Crippen LogP contribution is -2.50. The van der Waals surface area contributed by atoms with Crippen LogP contribution in [-0.2, 0) is 14.6 Å². The number of ether oxygens (including phenoxy) is 1. The third-order valence-corrected chi connectivity index (χ3v) is 6.82. The Hall–Kier alpha value is -0.890. The molecule has 2 aromatic carbocycles. The van der Waals surface area contributed by atoms with Crippen LogP contribution in [0.15, 0.2) is 53.4 Å². The van der Waals surface area contributed by atoms with Crippen molar-refractivity contribution in [3.63, 3.8) is 0 Å².